The summed E-state index contributed by atoms with van der Waals surface area (Å²) in [5, 5.41) is -0.00210. The van der Waals surface area contributed by atoms with Crippen LogP contribution in [0.1, 0.15) is 23.7 Å². The molecule has 1 aromatic carbocycles. The molecule has 1 atom stereocenters. The molecule has 1 amide bonds. The topological polar surface area (TPSA) is 55.8 Å². The summed E-state index contributed by atoms with van der Waals surface area (Å²) in [7, 11) is 0. The lowest BCUT2D eigenvalue weighted by molar-refractivity contribution is -0.117. The van der Waals surface area contributed by atoms with E-state index in [1.165, 1.54) is 6.92 Å². The number of Topliss-reactive ketones (excluding diaryl/α,β-unsaturated/α-hetero) is 1. The van der Waals surface area contributed by atoms with Gasteiger partial charge in [0.25, 0.3) is 0 Å². The van der Waals surface area contributed by atoms with Gasteiger partial charge >= 0.3 is 0 Å². The van der Waals surface area contributed by atoms with E-state index in [1.807, 2.05) is 0 Å². The van der Waals surface area contributed by atoms with Crippen LogP contribution in [-0.4, -0.2) is 30.3 Å². The highest BCUT2D eigenvalue weighted by molar-refractivity contribution is 7.81. The number of nitrogens with zero attached hydrogens (tertiary/aromatic N) is 1. The molecule has 2 heterocycles. The van der Waals surface area contributed by atoms with Crippen molar-refractivity contribution < 1.29 is 19.1 Å². The van der Waals surface area contributed by atoms with Gasteiger partial charge in [0.2, 0.25) is 12.7 Å². The fourth-order valence-corrected chi connectivity index (χ4v) is 2.68. The second-order valence-corrected chi connectivity index (χ2v) is 5.37. The first-order chi connectivity index (χ1) is 9.06. The highest BCUT2D eigenvalue weighted by Crippen LogP contribution is 2.40. The number of carbonyl (C=O) groups excluding carboxylic acids is 2. The lowest BCUT2D eigenvalue weighted by Crippen LogP contribution is -2.26. The van der Waals surface area contributed by atoms with Crippen LogP contribution < -0.4 is 14.4 Å². The molecule has 0 N–H and O–H groups in total. The summed E-state index contributed by atoms with van der Waals surface area (Å²) in [4.78, 5) is 25.3. The molecule has 19 heavy (non-hydrogen) atoms. The number of benzene rings is 1. The number of rotatable bonds is 2. The van der Waals surface area contributed by atoms with Crippen molar-refractivity contribution in [2.24, 2.45) is 0 Å². The lowest BCUT2D eigenvalue weighted by Gasteiger charge is -2.19. The van der Waals surface area contributed by atoms with Gasteiger partial charge in [-0.15, -0.1) is 0 Å². The molecular weight excluding hydrogens is 266 g/mol. The third-order valence-corrected chi connectivity index (χ3v) is 3.61. The van der Waals surface area contributed by atoms with Crippen molar-refractivity contribution in [2.45, 2.75) is 18.6 Å². The van der Waals surface area contributed by atoms with E-state index >= 15 is 0 Å². The quantitative estimate of drug-likeness (QED) is 0.660. The highest BCUT2D eigenvalue weighted by atomic mass is 32.1. The molecule has 0 aromatic heterocycles. The van der Waals surface area contributed by atoms with E-state index in [4.69, 9.17) is 9.47 Å². The molecule has 0 saturated carbocycles. The maximum absolute atomic E-state index is 12.0. The van der Waals surface area contributed by atoms with Gasteiger partial charge in [-0.25, -0.2) is 0 Å². The molecule has 2 aliphatic rings. The molecule has 100 valence electrons. The van der Waals surface area contributed by atoms with Crippen LogP contribution in [0.3, 0.4) is 0 Å². The van der Waals surface area contributed by atoms with Crippen LogP contribution in [0.25, 0.3) is 0 Å². The Balaban J connectivity index is 2.09. The Kier molecular flexibility index (Phi) is 2.89. The number of anilines is 1. The van der Waals surface area contributed by atoms with Crippen molar-refractivity contribution in [3.05, 3.63) is 17.7 Å². The molecule has 5 nitrogen and oxygen atoms in total. The molecule has 3 rings (SSSR count). The van der Waals surface area contributed by atoms with Gasteiger partial charge in [0.15, 0.2) is 17.3 Å². The highest BCUT2D eigenvalue weighted by Gasteiger charge is 2.32. The molecule has 1 aromatic rings. The van der Waals surface area contributed by atoms with Gasteiger partial charge in [-0.3, -0.25) is 9.59 Å². The number of thiol groups is 1. The summed E-state index contributed by atoms with van der Waals surface area (Å²) in [6, 6.07) is 3.34. The van der Waals surface area contributed by atoms with E-state index < -0.39 is 0 Å². The third-order valence-electron chi connectivity index (χ3n) is 3.27. The van der Waals surface area contributed by atoms with Crippen molar-refractivity contribution in [3.63, 3.8) is 0 Å². The number of ether oxygens (including phenoxy) is 2. The van der Waals surface area contributed by atoms with Gasteiger partial charge < -0.3 is 14.4 Å². The van der Waals surface area contributed by atoms with Crippen molar-refractivity contribution in [1.82, 2.24) is 0 Å². The fourth-order valence-electron chi connectivity index (χ4n) is 2.36. The van der Waals surface area contributed by atoms with Gasteiger partial charge in [-0.1, -0.05) is 0 Å². The minimum absolute atomic E-state index is 0.00210. The van der Waals surface area contributed by atoms with Crippen molar-refractivity contribution in [1.29, 1.82) is 0 Å². The van der Waals surface area contributed by atoms with Gasteiger partial charge in [0.05, 0.1) is 5.69 Å². The molecule has 0 aliphatic carbocycles. The summed E-state index contributed by atoms with van der Waals surface area (Å²) in [5.74, 6) is 0.975. The molecule has 0 bridgehead atoms. The van der Waals surface area contributed by atoms with E-state index in [0.29, 0.717) is 35.7 Å². The first-order valence-electron chi connectivity index (χ1n) is 5.99. The molecular formula is C13H13NO4S. The van der Waals surface area contributed by atoms with Crippen LogP contribution in [0.5, 0.6) is 11.5 Å². The molecule has 1 unspecified atom stereocenters. The Bertz CT molecular complexity index is 572. The average molecular weight is 279 g/mol. The standard InChI is InChI=1S/C13H13NO4S/c1-7(15)9-3-11-12(18-6-17-11)4-10(9)14-5-8(19)2-13(14)16/h3-4,8,19H,2,5-6H2,1H3. The van der Waals surface area contributed by atoms with Crippen LogP contribution in [0.2, 0.25) is 0 Å². The smallest absolute Gasteiger partial charge is 0.231 e. The van der Waals surface area contributed by atoms with Crippen LogP contribution in [0.4, 0.5) is 5.69 Å². The van der Waals surface area contributed by atoms with Gasteiger partial charge in [-0.2, -0.15) is 12.6 Å². The molecule has 6 heteroatoms. The summed E-state index contributed by atoms with van der Waals surface area (Å²) >= 11 is 4.33. The number of amides is 1. The zero-order valence-corrected chi connectivity index (χ0v) is 11.3. The third kappa shape index (κ3) is 2.06. The largest absolute Gasteiger partial charge is 0.454 e. The second-order valence-electron chi connectivity index (χ2n) is 4.64. The SMILES string of the molecule is CC(=O)c1cc2c(cc1N1CC(S)CC1=O)OCO2. The van der Waals surface area contributed by atoms with Crippen molar-refractivity contribution >= 4 is 30.0 Å². The molecule has 1 fully saturated rings. The Morgan fingerprint density at radius 1 is 1.37 bits per heavy atom. The van der Waals surface area contributed by atoms with E-state index in [-0.39, 0.29) is 23.7 Å². The second kappa shape index (κ2) is 4.45. The van der Waals surface area contributed by atoms with Crippen LogP contribution in [0, 0.1) is 0 Å². The predicted molar refractivity (Wildman–Crippen MR) is 72.3 cm³/mol. The Morgan fingerprint density at radius 3 is 2.63 bits per heavy atom. The van der Waals surface area contributed by atoms with E-state index in [2.05, 4.69) is 12.6 Å². The Hall–Kier alpha value is -1.69. The minimum atomic E-state index is -0.108. The summed E-state index contributed by atoms with van der Waals surface area (Å²) in [6.07, 6.45) is 0.384. The fraction of sp³-hybridized carbons (Fsp3) is 0.385. The number of ketones is 1. The number of hydrogen-bond donors (Lipinski definition) is 1. The Labute approximate surface area is 115 Å². The maximum atomic E-state index is 12.0. The predicted octanol–water partition coefficient (Wildman–Crippen LogP) is 1.65. The van der Waals surface area contributed by atoms with E-state index in [0.717, 1.165) is 0 Å². The number of hydrogen-bond acceptors (Lipinski definition) is 5. The zero-order chi connectivity index (χ0) is 13.6. The number of carbonyl (C=O) groups is 2. The normalized spacial score (nSPS) is 21.1. The van der Waals surface area contributed by atoms with Crippen LogP contribution in [-0.2, 0) is 4.79 Å². The summed E-state index contributed by atoms with van der Waals surface area (Å²) in [6.45, 7) is 2.11. The van der Waals surface area contributed by atoms with Gasteiger partial charge in [-0.05, 0) is 13.0 Å². The van der Waals surface area contributed by atoms with Crippen molar-refractivity contribution in [2.75, 3.05) is 18.2 Å². The first kappa shape index (κ1) is 12.3. The van der Waals surface area contributed by atoms with Crippen molar-refractivity contribution in [3.8, 4) is 11.5 Å². The van der Waals surface area contributed by atoms with Crippen LogP contribution >= 0.6 is 12.6 Å². The molecule has 2 aliphatic heterocycles. The monoisotopic (exact) mass is 279 g/mol. The summed E-state index contributed by atoms with van der Waals surface area (Å²) in [5.41, 5.74) is 1.05. The lowest BCUT2D eigenvalue weighted by atomic mass is 10.1. The Morgan fingerprint density at radius 2 is 2.05 bits per heavy atom. The first-order valence-corrected chi connectivity index (χ1v) is 6.51. The molecule has 0 spiro atoms. The average Bonchev–Trinajstić information content (AvgIpc) is 2.92. The summed E-state index contributed by atoms with van der Waals surface area (Å²) < 4.78 is 10.6. The molecule has 0 radical (unpaired) electrons. The zero-order valence-electron chi connectivity index (χ0n) is 10.4. The van der Waals surface area contributed by atoms with E-state index in [1.54, 1.807) is 17.0 Å². The van der Waals surface area contributed by atoms with E-state index in [9.17, 15) is 9.59 Å². The molecule has 1 saturated heterocycles. The van der Waals surface area contributed by atoms with Gasteiger partial charge in [0.1, 0.15) is 0 Å². The van der Waals surface area contributed by atoms with Crippen LogP contribution in [0.15, 0.2) is 12.1 Å². The number of fused-ring (bicyclic) bond motifs is 1. The minimum Gasteiger partial charge on any atom is -0.454 e. The maximum Gasteiger partial charge on any atom is 0.231 e. The van der Waals surface area contributed by atoms with Gasteiger partial charge in [0, 0.05) is 29.8 Å².